The maximum atomic E-state index is 11.8. The predicted octanol–water partition coefficient (Wildman–Crippen LogP) is 1.36. The van der Waals surface area contributed by atoms with Gasteiger partial charge in [-0.05, 0) is 17.7 Å². The summed E-state index contributed by atoms with van der Waals surface area (Å²) >= 11 is 0. The van der Waals surface area contributed by atoms with E-state index in [1.807, 2.05) is 0 Å². The first-order valence-corrected chi connectivity index (χ1v) is 9.30. The Hall–Kier alpha value is -3.10. The van der Waals surface area contributed by atoms with E-state index in [2.05, 4.69) is 5.32 Å². The number of ether oxygens (including phenoxy) is 1. The minimum absolute atomic E-state index is 0.00172. The van der Waals surface area contributed by atoms with E-state index in [0.29, 0.717) is 30.6 Å². The van der Waals surface area contributed by atoms with Crippen LogP contribution in [0.1, 0.15) is 11.1 Å². The lowest BCUT2D eigenvalue weighted by Gasteiger charge is -2.21. The van der Waals surface area contributed by atoms with Gasteiger partial charge in [0.1, 0.15) is 11.5 Å². The summed E-state index contributed by atoms with van der Waals surface area (Å²) in [6, 6.07) is 13.6. The smallest absolute Gasteiger partial charge is 0.319 e. The van der Waals surface area contributed by atoms with Gasteiger partial charge in [0.05, 0.1) is 19.7 Å². The van der Waals surface area contributed by atoms with E-state index in [-0.39, 0.29) is 37.7 Å². The van der Waals surface area contributed by atoms with Gasteiger partial charge in [-0.25, -0.2) is 0 Å². The van der Waals surface area contributed by atoms with Gasteiger partial charge in [0.2, 0.25) is 0 Å². The Morgan fingerprint density at radius 3 is 2.21 bits per heavy atom. The average molecular weight is 402 g/mol. The van der Waals surface area contributed by atoms with Crippen molar-refractivity contribution in [1.29, 1.82) is 0 Å². The maximum Gasteiger partial charge on any atom is 0.319 e. The molecular weight excluding hydrogens is 376 g/mol. The van der Waals surface area contributed by atoms with Crippen molar-refractivity contribution in [2.45, 2.75) is 13.0 Å². The van der Waals surface area contributed by atoms with Gasteiger partial charge in [-0.2, -0.15) is 0 Å². The minimum atomic E-state index is -0.969. The quantitative estimate of drug-likeness (QED) is 0.310. The van der Waals surface area contributed by atoms with Crippen molar-refractivity contribution in [2.24, 2.45) is 0 Å². The van der Waals surface area contributed by atoms with E-state index in [9.17, 15) is 19.8 Å². The van der Waals surface area contributed by atoms with Gasteiger partial charge in [0, 0.05) is 31.6 Å². The Balaban J connectivity index is 1.69. The number of carboxylic acids is 1. The number of benzene rings is 2. The van der Waals surface area contributed by atoms with Crippen LogP contribution in [0, 0.1) is 0 Å². The van der Waals surface area contributed by atoms with Crippen molar-refractivity contribution in [3.05, 3.63) is 59.7 Å². The van der Waals surface area contributed by atoms with Crippen LogP contribution in [0.25, 0.3) is 0 Å². The molecule has 0 saturated carbocycles. The second kappa shape index (κ2) is 11.7. The molecule has 2 rings (SSSR count). The van der Waals surface area contributed by atoms with Crippen molar-refractivity contribution < 1.29 is 29.6 Å². The molecule has 0 saturated heterocycles. The van der Waals surface area contributed by atoms with E-state index in [0.717, 1.165) is 0 Å². The fourth-order valence-corrected chi connectivity index (χ4v) is 2.77. The molecule has 29 heavy (non-hydrogen) atoms. The van der Waals surface area contributed by atoms with Crippen LogP contribution in [0.2, 0.25) is 0 Å². The van der Waals surface area contributed by atoms with Gasteiger partial charge < -0.3 is 25.4 Å². The zero-order valence-electron chi connectivity index (χ0n) is 16.1. The first-order valence-electron chi connectivity index (χ1n) is 9.30. The molecule has 4 N–H and O–H groups in total. The second-order valence-electron chi connectivity index (χ2n) is 6.51. The molecule has 0 spiro atoms. The fraction of sp³-hybridized carbons (Fsp3) is 0.333. The molecule has 156 valence electrons. The number of aromatic hydroxyl groups is 2. The van der Waals surface area contributed by atoms with Gasteiger partial charge in [-0.15, -0.1) is 0 Å². The van der Waals surface area contributed by atoms with E-state index in [4.69, 9.17) is 9.84 Å². The largest absolute Gasteiger partial charge is 0.508 e. The summed E-state index contributed by atoms with van der Waals surface area (Å²) in [6.07, 6.45) is 0.422. The Kier molecular flexibility index (Phi) is 8.94. The number of hydrogen-bond donors (Lipinski definition) is 4. The Morgan fingerprint density at radius 1 is 0.966 bits per heavy atom. The summed E-state index contributed by atoms with van der Waals surface area (Å²) < 4.78 is 5.13. The van der Waals surface area contributed by atoms with Crippen LogP contribution in [0.4, 0.5) is 0 Å². The van der Waals surface area contributed by atoms with E-state index < -0.39 is 11.9 Å². The number of rotatable bonds is 12. The lowest BCUT2D eigenvalue weighted by atomic mass is 10.1. The first-order chi connectivity index (χ1) is 14.0. The molecule has 0 amide bonds. The van der Waals surface area contributed by atoms with Crippen molar-refractivity contribution in [2.75, 3.05) is 32.8 Å². The summed E-state index contributed by atoms with van der Waals surface area (Å²) in [5.41, 5.74) is 1.35. The third-order valence-electron chi connectivity index (χ3n) is 4.24. The number of aliphatic carboxylic acids is 1. The summed E-state index contributed by atoms with van der Waals surface area (Å²) in [4.78, 5) is 24.5. The SMILES string of the molecule is O=C(O)CN(CCNCC(=O)OCCc1ccccc1O)Cc1ccccc1O. The molecule has 0 aromatic heterocycles. The molecule has 0 aliphatic carbocycles. The second-order valence-corrected chi connectivity index (χ2v) is 6.51. The number of nitrogens with zero attached hydrogens (tertiary/aromatic N) is 1. The Labute approximate surface area is 169 Å². The van der Waals surface area contributed by atoms with Crippen LogP contribution in [0.3, 0.4) is 0 Å². The van der Waals surface area contributed by atoms with Crippen molar-refractivity contribution >= 4 is 11.9 Å². The van der Waals surface area contributed by atoms with Gasteiger partial charge >= 0.3 is 11.9 Å². The molecule has 0 aliphatic rings. The van der Waals surface area contributed by atoms with Crippen LogP contribution < -0.4 is 5.32 Å². The third-order valence-corrected chi connectivity index (χ3v) is 4.24. The van der Waals surface area contributed by atoms with Gasteiger partial charge in [-0.1, -0.05) is 36.4 Å². The van der Waals surface area contributed by atoms with Crippen LogP contribution in [0.5, 0.6) is 11.5 Å². The molecule has 0 fully saturated rings. The van der Waals surface area contributed by atoms with Gasteiger partial charge in [0.25, 0.3) is 0 Å². The zero-order valence-corrected chi connectivity index (χ0v) is 16.1. The molecule has 8 heteroatoms. The van der Waals surface area contributed by atoms with E-state index in [1.54, 1.807) is 53.4 Å². The molecule has 2 aromatic rings. The third kappa shape index (κ3) is 8.20. The first kappa shape index (κ1) is 22.2. The lowest BCUT2D eigenvalue weighted by molar-refractivity contribution is -0.142. The van der Waals surface area contributed by atoms with E-state index >= 15 is 0 Å². The van der Waals surface area contributed by atoms with Crippen LogP contribution in [-0.2, 0) is 27.3 Å². The molecule has 0 unspecified atom stereocenters. The predicted molar refractivity (Wildman–Crippen MR) is 107 cm³/mol. The highest BCUT2D eigenvalue weighted by atomic mass is 16.5. The fourth-order valence-electron chi connectivity index (χ4n) is 2.77. The molecule has 0 aliphatic heterocycles. The Morgan fingerprint density at radius 2 is 1.59 bits per heavy atom. The summed E-state index contributed by atoms with van der Waals surface area (Å²) in [6.45, 7) is 1.03. The van der Waals surface area contributed by atoms with Crippen LogP contribution in [0.15, 0.2) is 48.5 Å². The average Bonchev–Trinajstić information content (AvgIpc) is 2.68. The number of nitrogens with one attached hydrogen (secondary N) is 1. The number of phenolic OH excluding ortho intramolecular Hbond substituents is 2. The molecule has 0 bridgehead atoms. The summed E-state index contributed by atoms with van der Waals surface area (Å²) in [5.74, 6) is -1.11. The van der Waals surface area contributed by atoms with Crippen molar-refractivity contribution in [1.82, 2.24) is 10.2 Å². The molecule has 0 atom stereocenters. The number of esters is 1. The number of carboxylic acid groups (broad SMARTS) is 1. The van der Waals surface area contributed by atoms with Gasteiger partial charge in [-0.3, -0.25) is 14.5 Å². The van der Waals surface area contributed by atoms with E-state index in [1.165, 1.54) is 0 Å². The van der Waals surface area contributed by atoms with Crippen molar-refractivity contribution in [3.63, 3.8) is 0 Å². The maximum absolute atomic E-state index is 11.8. The number of carbonyl (C=O) groups excluding carboxylic acids is 1. The Bertz CT molecular complexity index is 811. The minimum Gasteiger partial charge on any atom is -0.508 e. The van der Waals surface area contributed by atoms with Crippen LogP contribution >= 0.6 is 0 Å². The summed E-state index contributed by atoms with van der Waals surface area (Å²) in [5, 5.41) is 31.5. The highest BCUT2D eigenvalue weighted by Crippen LogP contribution is 2.17. The molecule has 0 radical (unpaired) electrons. The highest BCUT2D eigenvalue weighted by molar-refractivity contribution is 5.71. The summed E-state index contributed by atoms with van der Waals surface area (Å²) in [7, 11) is 0. The van der Waals surface area contributed by atoms with Crippen LogP contribution in [-0.4, -0.2) is 64.9 Å². The normalized spacial score (nSPS) is 10.8. The molecule has 8 nitrogen and oxygen atoms in total. The number of para-hydroxylation sites is 2. The van der Waals surface area contributed by atoms with Gasteiger partial charge in [0.15, 0.2) is 0 Å². The number of hydrogen-bond acceptors (Lipinski definition) is 7. The monoisotopic (exact) mass is 402 g/mol. The lowest BCUT2D eigenvalue weighted by Crippen LogP contribution is -2.37. The zero-order chi connectivity index (χ0) is 21.1. The highest BCUT2D eigenvalue weighted by Gasteiger charge is 2.12. The van der Waals surface area contributed by atoms with Crippen molar-refractivity contribution in [3.8, 4) is 11.5 Å². The molecular formula is C21H26N2O6. The topological polar surface area (TPSA) is 119 Å². The standard InChI is InChI=1S/C21H26N2O6/c24-18-7-3-1-5-16(18)9-12-29-21(28)13-22-10-11-23(15-20(26)27)14-17-6-2-4-8-19(17)25/h1-8,22,24-25H,9-15H2,(H,26,27). The molecule has 0 heterocycles. The number of carbonyl (C=O) groups is 2. The number of phenols is 2. The molecule has 2 aromatic carbocycles.